The molecule has 0 fully saturated rings. The molecule has 0 amide bonds. The number of fused-ring (bicyclic) bond motifs is 6. The van der Waals surface area contributed by atoms with E-state index >= 15 is 0 Å². The SMILES string of the molecule is COCCOCCOCCOCCC1(C)\C(=C/C=C/C=C/C=C/C2=[N+](CCOC)c3ccc4c(S(=O)(=O)[O-])cc(S(=O)(=O)[O-])cc4c3C2(C)CCCS(=O)(=O)[O-])N(CCCCCC(=O)O)c2ccc3c(S(=O)(=O)[O-])cc(S(=O)(=O)[O-])cc3c21. The van der Waals surface area contributed by atoms with Crippen LogP contribution >= 0.6 is 0 Å². The standard InChI is InChI=1S/C54H68N2O22S5/c1-53(21-13-33-79(59,60)61)48(56(24-26-74-3)45-20-18-40-42(51(45)53)34-38(80(62,63)64)36-46(40)82(68,69)70)14-9-6-5-7-10-15-49-54(2,22-25-76-29-30-78-32-31-77-28-27-75-4)52-43-35-39(81(65,66)67)37-47(83(71,72)73)41(43)17-19-44(52)55(49)23-12-8-11-16-50(57)58/h5-7,9-10,14-15,17-20,34-37H,8,11-13,16,21-33H2,1-4H3,(H5-,57,58,59,60,61,62,63,64,65,66,67,68,69,70,71,72,73)/p-4. The number of carbonyl (C=O) groups is 1. The first-order chi connectivity index (χ1) is 38.9. The Hall–Kier alpha value is -5.35. The number of hydrogen-bond donors (Lipinski definition) is 1. The fraction of sp³-hybridized carbons (Fsp3) is 0.444. The van der Waals surface area contributed by atoms with E-state index in [2.05, 4.69) is 0 Å². The molecule has 1 N–H and O–H groups in total. The van der Waals surface area contributed by atoms with Gasteiger partial charge in [-0.25, -0.2) is 42.1 Å². The van der Waals surface area contributed by atoms with Gasteiger partial charge in [0.05, 0.1) is 74.8 Å². The lowest BCUT2D eigenvalue weighted by Gasteiger charge is -2.31. The monoisotopic (exact) mass is 1250 g/mol. The van der Waals surface area contributed by atoms with Gasteiger partial charge in [0.1, 0.15) is 47.1 Å². The van der Waals surface area contributed by atoms with E-state index < -0.39 is 92.7 Å². The first-order valence-electron chi connectivity index (χ1n) is 26.0. The fourth-order valence-corrected chi connectivity index (χ4v) is 13.8. The second-order valence-corrected chi connectivity index (χ2v) is 26.9. The summed E-state index contributed by atoms with van der Waals surface area (Å²) < 4.78 is 216. The molecule has 2 heterocycles. The van der Waals surface area contributed by atoms with Crippen LogP contribution in [0.3, 0.4) is 0 Å². The van der Waals surface area contributed by atoms with E-state index in [9.17, 15) is 74.8 Å². The molecule has 83 heavy (non-hydrogen) atoms. The molecule has 0 aliphatic carbocycles. The zero-order valence-corrected chi connectivity index (χ0v) is 49.9. The molecule has 0 radical (unpaired) electrons. The molecule has 2 aliphatic heterocycles. The van der Waals surface area contributed by atoms with Gasteiger partial charge in [0, 0.05) is 79.4 Å². The largest absolute Gasteiger partial charge is 0.748 e. The van der Waals surface area contributed by atoms with Crippen LogP contribution in [0, 0.1) is 0 Å². The van der Waals surface area contributed by atoms with Crippen LogP contribution in [-0.4, -0.2) is 172 Å². The number of rotatable bonds is 33. The second-order valence-electron chi connectivity index (χ2n) is 19.9. The molecule has 0 saturated heterocycles. The molecule has 24 nitrogen and oxygen atoms in total. The molecule has 2 aliphatic rings. The van der Waals surface area contributed by atoms with Crippen molar-refractivity contribution in [1.29, 1.82) is 0 Å². The number of benzene rings is 4. The van der Waals surface area contributed by atoms with Crippen LogP contribution < -0.4 is 4.90 Å². The number of methoxy groups -OCH3 is 2. The molecule has 0 bridgehead atoms. The molecule has 2 atom stereocenters. The zero-order valence-electron chi connectivity index (χ0n) is 45.8. The molecule has 4 aromatic carbocycles. The van der Waals surface area contributed by atoms with E-state index in [0.717, 1.165) is 12.1 Å². The Morgan fingerprint density at radius 1 is 0.578 bits per heavy atom. The normalized spacial score (nSPS) is 18.6. The highest BCUT2D eigenvalue weighted by Crippen LogP contribution is 2.54. The Bertz CT molecular complexity index is 3820. The third kappa shape index (κ3) is 16.6. The Kier molecular flexibility index (Phi) is 22.4. The van der Waals surface area contributed by atoms with Crippen molar-refractivity contribution in [3.8, 4) is 0 Å². The molecular formula is C54H64N2O22S5-4. The lowest BCUT2D eigenvalue weighted by Crippen LogP contribution is -2.32. The molecule has 0 spiro atoms. The highest BCUT2D eigenvalue weighted by molar-refractivity contribution is 7.87. The predicted molar refractivity (Wildman–Crippen MR) is 298 cm³/mol. The maximum Gasteiger partial charge on any atom is 0.303 e. The molecule has 29 heteroatoms. The minimum absolute atomic E-state index is 0.00830. The summed E-state index contributed by atoms with van der Waals surface area (Å²) in [4.78, 5) is 9.49. The van der Waals surface area contributed by atoms with E-state index in [-0.39, 0.29) is 98.9 Å². The van der Waals surface area contributed by atoms with Crippen LogP contribution in [0.5, 0.6) is 0 Å². The Balaban J connectivity index is 1.44. The molecule has 2 unspecified atom stereocenters. The van der Waals surface area contributed by atoms with Crippen LogP contribution in [0.25, 0.3) is 21.5 Å². The smallest absolute Gasteiger partial charge is 0.303 e. The maximum atomic E-state index is 12.7. The van der Waals surface area contributed by atoms with Gasteiger partial charge in [0.25, 0.3) is 0 Å². The molecule has 0 aromatic heterocycles. The predicted octanol–water partition coefficient (Wildman–Crippen LogP) is 5.00. The second kappa shape index (κ2) is 27.8. The average Bonchev–Trinajstić information content (AvgIpc) is 3.84. The molecular weight excluding hydrogens is 1190 g/mol. The summed E-state index contributed by atoms with van der Waals surface area (Å²) in [7, 11) is -23.2. The number of hydrogen-bond acceptors (Lipinski definition) is 22. The number of aliphatic carboxylic acids is 1. The van der Waals surface area contributed by atoms with E-state index in [1.54, 1.807) is 67.2 Å². The summed E-state index contributed by atoms with van der Waals surface area (Å²) in [5, 5.41) is 8.91. The zero-order chi connectivity index (χ0) is 61.2. The summed E-state index contributed by atoms with van der Waals surface area (Å²) in [6.07, 6.45) is 12.7. The van der Waals surface area contributed by atoms with E-state index in [0.29, 0.717) is 79.6 Å². The summed E-state index contributed by atoms with van der Waals surface area (Å²) in [6, 6.07) is 8.78. The van der Waals surface area contributed by atoms with Gasteiger partial charge in [0.2, 0.25) is 5.69 Å². The topological polar surface area (TPSA) is 376 Å². The first-order valence-corrected chi connectivity index (χ1v) is 33.2. The van der Waals surface area contributed by atoms with Crippen LogP contribution in [-0.2, 0) is 89.9 Å². The molecule has 456 valence electrons. The quantitative estimate of drug-likeness (QED) is 0.0284. The van der Waals surface area contributed by atoms with Crippen molar-refractivity contribution in [2.75, 3.05) is 90.8 Å². The van der Waals surface area contributed by atoms with Gasteiger partial charge in [-0.1, -0.05) is 42.9 Å². The van der Waals surface area contributed by atoms with E-state index in [1.165, 1.54) is 25.3 Å². The molecule has 6 rings (SSSR count). The van der Waals surface area contributed by atoms with Crippen molar-refractivity contribution >= 4 is 95.2 Å². The molecule has 4 aromatic rings. The number of carboxylic acids is 1. The van der Waals surface area contributed by atoms with Gasteiger partial charge >= 0.3 is 5.97 Å². The summed E-state index contributed by atoms with van der Waals surface area (Å²) >= 11 is 0. The third-order valence-electron chi connectivity index (χ3n) is 14.3. The molecule has 0 saturated carbocycles. The first kappa shape index (κ1) is 66.8. The van der Waals surface area contributed by atoms with Gasteiger partial charge in [-0.15, -0.1) is 0 Å². The highest BCUT2D eigenvalue weighted by Gasteiger charge is 2.49. The summed E-state index contributed by atoms with van der Waals surface area (Å²) in [6.45, 7) is 5.78. The van der Waals surface area contributed by atoms with E-state index in [4.69, 9.17) is 23.7 Å². The number of carboxylic acid groups (broad SMARTS) is 1. The van der Waals surface area contributed by atoms with Crippen molar-refractivity contribution in [2.45, 2.75) is 89.2 Å². The fourth-order valence-electron chi connectivity index (χ4n) is 10.6. The van der Waals surface area contributed by atoms with Crippen molar-refractivity contribution < 1.29 is 103 Å². The number of allylic oxidation sites excluding steroid dienone is 8. The van der Waals surface area contributed by atoms with Crippen LogP contribution in [0.2, 0.25) is 0 Å². The van der Waals surface area contributed by atoms with Crippen molar-refractivity contribution in [3.63, 3.8) is 0 Å². The van der Waals surface area contributed by atoms with Crippen LogP contribution in [0.15, 0.2) is 116 Å². The van der Waals surface area contributed by atoms with Crippen LogP contribution in [0.4, 0.5) is 11.4 Å². The van der Waals surface area contributed by atoms with Gasteiger partial charge in [-0.05, 0) is 110 Å². The third-order valence-corrected chi connectivity index (χ3v) is 18.5. The summed E-state index contributed by atoms with van der Waals surface area (Å²) in [5.74, 6) is -1.78. The Morgan fingerprint density at radius 3 is 1.65 bits per heavy atom. The lowest BCUT2D eigenvalue weighted by atomic mass is 9.74. The van der Waals surface area contributed by atoms with Gasteiger partial charge < -0.3 is 56.5 Å². The van der Waals surface area contributed by atoms with Gasteiger partial charge in [-0.2, -0.15) is 4.58 Å². The van der Waals surface area contributed by atoms with Gasteiger partial charge in [0.15, 0.2) is 12.3 Å². The number of unbranched alkanes of at least 4 members (excludes halogenated alkanes) is 2. The summed E-state index contributed by atoms with van der Waals surface area (Å²) in [5.41, 5.74) is 0.00786. The van der Waals surface area contributed by atoms with Crippen molar-refractivity contribution in [1.82, 2.24) is 0 Å². The van der Waals surface area contributed by atoms with E-state index in [1.807, 2.05) is 11.8 Å². The lowest BCUT2D eigenvalue weighted by molar-refractivity contribution is -0.441. The van der Waals surface area contributed by atoms with Crippen LogP contribution in [0.1, 0.15) is 69.9 Å². The Labute approximate surface area is 483 Å². The van der Waals surface area contributed by atoms with Crippen molar-refractivity contribution in [2.24, 2.45) is 0 Å². The minimum Gasteiger partial charge on any atom is -0.748 e. The average molecular weight is 1250 g/mol. The Morgan fingerprint density at radius 2 is 1.11 bits per heavy atom. The minimum atomic E-state index is -5.39. The van der Waals surface area contributed by atoms with Crippen molar-refractivity contribution in [3.05, 3.63) is 108 Å². The van der Waals surface area contributed by atoms with Gasteiger partial charge in [-0.3, -0.25) is 4.79 Å². The number of nitrogens with zero attached hydrogens (tertiary/aromatic N) is 2. The number of anilines is 1. The number of ether oxygens (including phenoxy) is 5. The highest BCUT2D eigenvalue weighted by atomic mass is 32.2. The maximum absolute atomic E-state index is 12.7.